The van der Waals surface area contributed by atoms with Gasteiger partial charge in [0, 0.05) is 10.4 Å². The minimum atomic E-state index is -0.996. The minimum absolute atomic E-state index is 0.200. The Morgan fingerprint density at radius 1 is 1.11 bits per heavy atom. The lowest BCUT2D eigenvalue weighted by atomic mass is 9.71. The molecule has 0 aliphatic carbocycles. The second-order valence-electron chi connectivity index (χ2n) is 4.68. The molecule has 0 amide bonds. The fraction of sp³-hybridized carbons (Fsp3) is 0.429. The third-order valence-corrected chi connectivity index (χ3v) is 3.42. The average molecular weight is 285 g/mol. The summed E-state index contributed by atoms with van der Waals surface area (Å²) in [7, 11) is 0. The van der Waals surface area contributed by atoms with Crippen LogP contribution in [-0.2, 0) is 15.0 Å². The number of hydrogen-bond acceptors (Lipinski definition) is 2. The summed E-state index contributed by atoms with van der Waals surface area (Å²) < 4.78 is 0. The molecule has 0 spiro atoms. The van der Waals surface area contributed by atoms with E-state index in [1.807, 2.05) is 6.92 Å². The van der Waals surface area contributed by atoms with Gasteiger partial charge < -0.3 is 10.2 Å². The summed E-state index contributed by atoms with van der Waals surface area (Å²) in [6.07, 6.45) is 0.819. The van der Waals surface area contributed by atoms with Crippen LogP contribution in [0.5, 0.6) is 0 Å². The lowest BCUT2D eigenvalue weighted by Crippen LogP contribution is -2.32. The third kappa shape index (κ3) is 4.24. The third-order valence-electron chi connectivity index (χ3n) is 3.16. The number of benzene rings is 1. The molecular formula is C14H17ClO4. The Labute approximate surface area is 117 Å². The van der Waals surface area contributed by atoms with E-state index in [9.17, 15) is 9.59 Å². The molecule has 19 heavy (non-hydrogen) atoms. The molecule has 0 aromatic heterocycles. The summed E-state index contributed by atoms with van der Waals surface area (Å²) in [6, 6.07) is 6.74. The number of rotatable bonds is 7. The Kier molecular flexibility index (Phi) is 5.36. The fourth-order valence-corrected chi connectivity index (χ4v) is 2.57. The first-order valence-electron chi connectivity index (χ1n) is 6.09. The van der Waals surface area contributed by atoms with Gasteiger partial charge in [-0.15, -0.1) is 0 Å². The highest BCUT2D eigenvalue weighted by Crippen LogP contribution is 2.37. The topological polar surface area (TPSA) is 74.6 Å². The van der Waals surface area contributed by atoms with E-state index in [2.05, 4.69) is 0 Å². The van der Waals surface area contributed by atoms with Gasteiger partial charge in [0.25, 0.3) is 0 Å². The highest BCUT2D eigenvalue weighted by molar-refractivity contribution is 6.30. The fourth-order valence-electron chi connectivity index (χ4n) is 2.45. The van der Waals surface area contributed by atoms with Crippen molar-refractivity contribution in [2.75, 3.05) is 0 Å². The van der Waals surface area contributed by atoms with Crippen molar-refractivity contribution in [3.63, 3.8) is 0 Å². The van der Waals surface area contributed by atoms with Gasteiger partial charge in [-0.25, -0.2) is 0 Å². The van der Waals surface area contributed by atoms with E-state index in [0.717, 1.165) is 0 Å². The molecule has 0 bridgehead atoms. The maximum Gasteiger partial charge on any atom is 0.304 e. The van der Waals surface area contributed by atoms with Crippen molar-refractivity contribution in [3.05, 3.63) is 34.9 Å². The maximum absolute atomic E-state index is 11.1. The molecule has 2 N–H and O–H groups in total. The van der Waals surface area contributed by atoms with Crippen molar-refractivity contribution >= 4 is 23.5 Å². The predicted molar refractivity (Wildman–Crippen MR) is 72.5 cm³/mol. The molecule has 0 saturated carbocycles. The zero-order valence-electron chi connectivity index (χ0n) is 10.7. The molecule has 0 aliphatic heterocycles. The van der Waals surface area contributed by atoms with Crippen LogP contribution in [0.4, 0.5) is 0 Å². The number of hydrogen-bond donors (Lipinski definition) is 2. The first-order valence-corrected chi connectivity index (χ1v) is 6.47. The lowest BCUT2D eigenvalue weighted by Gasteiger charge is -2.31. The molecule has 0 radical (unpaired) electrons. The first kappa shape index (κ1) is 15.5. The Morgan fingerprint density at radius 3 is 1.95 bits per heavy atom. The summed E-state index contributed by atoms with van der Waals surface area (Å²) >= 11 is 5.82. The van der Waals surface area contributed by atoms with Crippen molar-refractivity contribution in [3.8, 4) is 0 Å². The quantitative estimate of drug-likeness (QED) is 0.805. The standard InChI is InChI=1S/C14H17ClO4/c1-2-7-14(8-12(16)17,9-13(18)19)10-3-5-11(15)6-4-10/h3-6H,2,7-9H2,1H3,(H,16,17)(H,18,19). The number of carboxylic acids is 2. The van der Waals surface area contributed by atoms with Crippen LogP contribution in [0.2, 0.25) is 5.02 Å². The molecular weight excluding hydrogens is 268 g/mol. The van der Waals surface area contributed by atoms with Gasteiger partial charge in [0.1, 0.15) is 0 Å². The summed E-state index contributed by atoms with van der Waals surface area (Å²) in [4.78, 5) is 22.2. The largest absolute Gasteiger partial charge is 0.481 e. The Bertz CT molecular complexity index is 437. The van der Waals surface area contributed by atoms with E-state index in [1.54, 1.807) is 24.3 Å². The van der Waals surface area contributed by atoms with Crippen LogP contribution >= 0.6 is 11.6 Å². The lowest BCUT2D eigenvalue weighted by molar-refractivity contribution is -0.141. The molecule has 0 unspecified atom stereocenters. The van der Waals surface area contributed by atoms with E-state index >= 15 is 0 Å². The van der Waals surface area contributed by atoms with E-state index in [1.165, 1.54) is 0 Å². The van der Waals surface area contributed by atoms with Crippen LogP contribution in [0, 0.1) is 0 Å². The molecule has 0 aliphatic rings. The molecule has 0 heterocycles. The summed E-state index contributed by atoms with van der Waals surface area (Å²) in [5.41, 5.74) is -0.166. The van der Waals surface area contributed by atoms with Crippen LogP contribution in [0.15, 0.2) is 24.3 Å². The summed E-state index contributed by atoms with van der Waals surface area (Å²) in [5.74, 6) is -1.99. The molecule has 104 valence electrons. The smallest absolute Gasteiger partial charge is 0.304 e. The molecule has 0 atom stereocenters. The van der Waals surface area contributed by atoms with Gasteiger partial charge in [0.2, 0.25) is 0 Å². The second kappa shape index (κ2) is 6.57. The zero-order valence-corrected chi connectivity index (χ0v) is 11.5. The van der Waals surface area contributed by atoms with Crippen molar-refractivity contribution in [2.45, 2.75) is 38.0 Å². The highest BCUT2D eigenvalue weighted by atomic mass is 35.5. The minimum Gasteiger partial charge on any atom is -0.481 e. The average Bonchev–Trinajstić information content (AvgIpc) is 2.28. The van der Waals surface area contributed by atoms with Crippen molar-refractivity contribution in [1.29, 1.82) is 0 Å². The number of halogens is 1. The van der Waals surface area contributed by atoms with Crippen LogP contribution in [0.25, 0.3) is 0 Å². The Morgan fingerprint density at radius 2 is 1.58 bits per heavy atom. The molecule has 1 aromatic rings. The second-order valence-corrected chi connectivity index (χ2v) is 5.11. The van der Waals surface area contributed by atoms with Gasteiger partial charge in [-0.05, 0) is 24.1 Å². The summed E-state index contributed by atoms with van der Waals surface area (Å²) in [6.45, 7) is 1.91. The zero-order chi connectivity index (χ0) is 14.5. The van der Waals surface area contributed by atoms with Gasteiger partial charge in [-0.2, -0.15) is 0 Å². The summed E-state index contributed by atoms with van der Waals surface area (Å²) in [5, 5.41) is 18.7. The molecule has 0 fully saturated rings. The highest BCUT2D eigenvalue weighted by Gasteiger charge is 2.36. The van der Waals surface area contributed by atoms with Gasteiger partial charge in [-0.1, -0.05) is 37.1 Å². The van der Waals surface area contributed by atoms with E-state index in [4.69, 9.17) is 21.8 Å². The van der Waals surface area contributed by atoms with E-state index < -0.39 is 17.4 Å². The van der Waals surface area contributed by atoms with Gasteiger partial charge >= 0.3 is 11.9 Å². The van der Waals surface area contributed by atoms with Crippen LogP contribution in [-0.4, -0.2) is 22.2 Å². The molecule has 5 heteroatoms. The van der Waals surface area contributed by atoms with E-state index in [-0.39, 0.29) is 12.8 Å². The van der Waals surface area contributed by atoms with Crippen LogP contribution < -0.4 is 0 Å². The van der Waals surface area contributed by atoms with Gasteiger partial charge in [0.05, 0.1) is 12.8 Å². The normalized spacial score (nSPS) is 11.3. The predicted octanol–water partition coefficient (Wildman–Crippen LogP) is 3.33. The Hall–Kier alpha value is -1.55. The van der Waals surface area contributed by atoms with Crippen LogP contribution in [0.1, 0.15) is 38.2 Å². The molecule has 1 rings (SSSR count). The first-order chi connectivity index (χ1) is 8.89. The Balaban J connectivity index is 3.23. The van der Waals surface area contributed by atoms with E-state index in [0.29, 0.717) is 23.4 Å². The number of aliphatic carboxylic acids is 2. The maximum atomic E-state index is 11.1. The van der Waals surface area contributed by atoms with Gasteiger partial charge in [-0.3, -0.25) is 9.59 Å². The molecule has 1 aromatic carbocycles. The van der Waals surface area contributed by atoms with Crippen molar-refractivity contribution in [2.24, 2.45) is 0 Å². The SMILES string of the molecule is CCCC(CC(=O)O)(CC(=O)O)c1ccc(Cl)cc1. The van der Waals surface area contributed by atoms with Crippen molar-refractivity contribution in [1.82, 2.24) is 0 Å². The number of carbonyl (C=O) groups is 2. The molecule has 4 nitrogen and oxygen atoms in total. The van der Waals surface area contributed by atoms with Crippen LogP contribution in [0.3, 0.4) is 0 Å². The molecule has 0 saturated heterocycles. The van der Waals surface area contributed by atoms with Gasteiger partial charge in [0.15, 0.2) is 0 Å². The number of carboxylic acid groups (broad SMARTS) is 2. The van der Waals surface area contributed by atoms with Crippen molar-refractivity contribution < 1.29 is 19.8 Å². The monoisotopic (exact) mass is 284 g/mol.